The van der Waals surface area contributed by atoms with Crippen LogP contribution in [0.5, 0.6) is 5.75 Å². The highest BCUT2D eigenvalue weighted by atomic mass is 16.5. The molecule has 0 radical (unpaired) electrons. The van der Waals surface area contributed by atoms with E-state index in [4.69, 9.17) is 9.26 Å². The summed E-state index contributed by atoms with van der Waals surface area (Å²) in [5.41, 5.74) is 1.61. The molecule has 3 rings (SSSR count). The Balaban J connectivity index is 2.32. The maximum Gasteiger partial charge on any atom is 0.177 e. The lowest BCUT2D eigenvalue weighted by Gasteiger charge is -2.30. The van der Waals surface area contributed by atoms with Crippen molar-refractivity contribution in [3.8, 4) is 17.1 Å². The van der Waals surface area contributed by atoms with Crippen LogP contribution in [0.4, 0.5) is 0 Å². The summed E-state index contributed by atoms with van der Waals surface area (Å²) in [6, 6.07) is 7.85. The van der Waals surface area contributed by atoms with Gasteiger partial charge >= 0.3 is 0 Å². The van der Waals surface area contributed by atoms with Crippen LogP contribution in [-0.2, 0) is 5.60 Å². The van der Waals surface area contributed by atoms with E-state index in [1.807, 2.05) is 38.1 Å². The number of nitrogens with zero attached hydrogens (tertiary/aromatic N) is 1. The fraction of sp³-hybridized carbons (Fsp3) is 0.250. The largest absolute Gasteiger partial charge is 0.482 e. The van der Waals surface area contributed by atoms with Gasteiger partial charge in [0.15, 0.2) is 5.76 Å². The minimum atomic E-state index is -0.371. The topological polar surface area (TPSA) is 35.3 Å². The lowest BCUT2D eigenvalue weighted by molar-refractivity contribution is 0.104. The number of benzene rings is 1. The van der Waals surface area contributed by atoms with Gasteiger partial charge in [0.05, 0.1) is 17.3 Å². The van der Waals surface area contributed by atoms with E-state index in [-0.39, 0.29) is 5.60 Å². The van der Waals surface area contributed by atoms with Crippen molar-refractivity contribution >= 4 is 0 Å². The number of para-hydroxylation sites is 1. The minimum Gasteiger partial charge on any atom is -0.482 e. The van der Waals surface area contributed by atoms with Gasteiger partial charge in [-0.1, -0.05) is 17.3 Å². The van der Waals surface area contributed by atoms with Gasteiger partial charge in [-0.05, 0) is 26.0 Å². The van der Waals surface area contributed by atoms with Gasteiger partial charge in [-0.3, -0.25) is 0 Å². The molecule has 0 aliphatic carbocycles. The fourth-order valence-electron chi connectivity index (χ4n) is 1.94. The van der Waals surface area contributed by atoms with Gasteiger partial charge in [0, 0.05) is 0 Å². The zero-order chi connectivity index (χ0) is 10.5. The number of hydrogen-bond donors (Lipinski definition) is 0. The fourth-order valence-corrected chi connectivity index (χ4v) is 1.94. The Kier molecular flexibility index (Phi) is 1.49. The molecule has 0 bridgehead atoms. The molecule has 15 heavy (non-hydrogen) atoms. The maximum atomic E-state index is 5.90. The Bertz CT molecular complexity index is 514. The van der Waals surface area contributed by atoms with Crippen LogP contribution in [-0.4, -0.2) is 5.16 Å². The second kappa shape index (κ2) is 2.63. The molecule has 1 aliphatic rings. The highest BCUT2D eigenvalue weighted by Crippen LogP contribution is 2.44. The third-order valence-corrected chi connectivity index (χ3v) is 2.72. The molecule has 76 valence electrons. The molecule has 1 aromatic carbocycles. The standard InChI is InChI=1S/C12H11NO2/c1-12(2)9-7-13-15-11(9)8-5-3-4-6-10(8)14-12/h3-7H,1-2H3. The zero-order valence-electron chi connectivity index (χ0n) is 8.65. The van der Waals surface area contributed by atoms with Gasteiger partial charge in [-0.25, -0.2) is 0 Å². The number of fused-ring (bicyclic) bond motifs is 3. The van der Waals surface area contributed by atoms with Crippen LogP contribution in [0, 0.1) is 0 Å². The normalized spacial score (nSPS) is 16.4. The molecule has 0 amide bonds. The molecular weight excluding hydrogens is 190 g/mol. The average Bonchev–Trinajstić information content (AvgIpc) is 2.66. The Morgan fingerprint density at radius 1 is 1.20 bits per heavy atom. The van der Waals surface area contributed by atoms with E-state index >= 15 is 0 Å². The molecule has 1 aliphatic heterocycles. The predicted molar refractivity (Wildman–Crippen MR) is 55.6 cm³/mol. The van der Waals surface area contributed by atoms with E-state index in [0.29, 0.717) is 0 Å². The Morgan fingerprint density at radius 3 is 2.87 bits per heavy atom. The summed E-state index contributed by atoms with van der Waals surface area (Å²) >= 11 is 0. The summed E-state index contributed by atoms with van der Waals surface area (Å²) in [6.45, 7) is 4.03. The molecule has 0 spiro atoms. The lowest BCUT2D eigenvalue weighted by Crippen LogP contribution is -2.28. The smallest absolute Gasteiger partial charge is 0.177 e. The molecule has 2 heterocycles. The average molecular weight is 201 g/mol. The van der Waals surface area contributed by atoms with Crippen molar-refractivity contribution in [1.82, 2.24) is 5.16 Å². The Labute approximate surface area is 87.7 Å². The van der Waals surface area contributed by atoms with E-state index in [2.05, 4.69) is 5.16 Å². The first-order valence-corrected chi connectivity index (χ1v) is 4.92. The van der Waals surface area contributed by atoms with E-state index in [9.17, 15) is 0 Å². The van der Waals surface area contributed by atoms with Gasteiger partial charge in [0.25, 0.3) is 0 Å². The van der Waals surface area contributed by atoms with Crippen LogP contribution < -0.4 is 4.74 Å². The van der Waals surface area contributed by atoms with Crippen LogP contribution in [0.3, 0.4) is 0 Å². The first kappa shape index (κ1) is 8.53. The number of aromatic nitrogens is 1. The third-order valence-electron chi connectivity index (χ3n) is 2.72. The van der Waals surface area contributed by atoms with Crippen molar-refractivity contribution in [1.29, 1.82) is 0 Å². The van der Waals surface area contributed by atoms with Crippen LogP contribution in [0.1, 0.15) is 19.4 Å². The molecule has 0 fully saturated rings. The molecule has 0 saturated carbocycles. The van der Waals surface area contributed by atoms with Crippen LogP contribution in [0.2, 0.25) is 0 Å². The molecule has 3 heteroatoms. The first-order chi connectivity index (χ1) is 7.18. The van der Waals surface area contributed by atoms with Gasteiger partial charge in [0.2, 0.25) is 0 Å². The highest BCUT2D eigenvalue weighted by molar-refractivity contribution is 5.71. The molecule has 0 saturated heterocycles. The quantitative estimate of drug-likeness (QED) is 0.657. The van der Waals surface area contributed by atoms with Gasteiger partial charge in [-0.2, -0.15) is 0 Å². The van der Waals surface area contributed by atoms with Gasteiger partial charge < -0.3 is 9.26 Å². The molecule has 3 nitrogen and oxygen atoms in total. The van der Waals surface area contributed by atoms with E-state index in [0.717, 1.165) is 22.6 Å². The van der Waals surface area contributed by atoms with Crippen molar-refractivity contribution in [2.24, 2.45) is 0 Å². The van der Waals surface area contributed by atoms with E-state index in [1.54, 1.807) is 6.20 Å². The second-order valence-electron chi connectivity index (χ2n) is 4.18. The molecule has 0 N–H and O–H groups in total. The summed E-state index contributed by atoms with van der Waals surface area (Å²) in [7, 11) is 0. The van der Waals surface area contributed by atoms with Crippen LogP contribution in [0.25, 0.3) is 11.3 Å². The summed E-state index contributed by atoms with van der Waals surface area (Å²) in [5, 5.41) is 3.84. The maximum absolute atomic E-state index is 5.90. The highest BCUT2D eigenvalue weighted by Gasteiger charge is 2.35. The molecule has 0 atom stereocenters. The van der Waals surface area contributed by atoms with E-state index in [1.165, 1.54) is 0 Å². The molecule has 0 unspecified atom stereocenters. The van der Waals surface area contributed by atoms with Crippen molar-refractivity contribution in [3.63, 3.8) is 0 Å². The van der Waals surface area contributed by atoms with Crippen LogP contribution >= 0.6 is 0 Å². The van der Waals surface area contributed by atoms with Crippen molar-refractivity contribution < 1.29 is 9.26 Å². The van der Waals surface area contributed by atoms with Gasteiger partial charge in [-0.15, -0.1) is 0 Å². The van der Waals surface area contributed by atoms with Crippen molar-refractivity contribution in [2.45, 2.75) is 19.4 Å². The lowest BCUT2D eigenvalue weighted by atomic mass is 9.92. The molecular formula is C12H11NO2. The Morgan fingerprint density at radius 2 is 2.00 bits per heavy atom. The van der Waals surface area contributed by atoms with Crippen molar-refractivity contribution in [3.05, 3.63) is 36.0 Å². The summed E-state index contributed by atoms with van der Waals surface area (Å²) < 4.78 is 11.2. The zero-order valence-corrected chi connectivity index (χ0v) is 8.65. The number of ether oxygens (including phenoxy) is 1. The van der Waals surface area contributed by atoms with Crippen LogP contribution in [0.15, 0.2) is 35.0 Å². The summed E-state index contributed by atoms with van der Waals surface area (Å²) in [5.74, 6) is 1.67. The Hall–Kier alpha value is -1.77. The first-order valence-electron chi connectivity index (χ1n) is 4.92. The summed E-state index contributed by atoms with van der Waals surface area (Å²) in [4.78, 5) is 0. The minimum absolute atomic E-state index is 0.371. The summed E-state index contributed by atoms with van der Waals surface area (Å²) in [6.07, 6.45) is 1.73. The molecule has 1 aromatic heterocycles. The number of hydrogen-bond acceptors (Lipinski definition) is 3. The van der Waals surface area contributed by atoms with Crippen molar-refractivity contribution in [2.75, 3.05) is 0 Å². The number of rotatable bonds is 0. The molecule has 2 aromatic rings. The van der Waals surface area contributed by atoms with E-state index < -0.39 is 0 Å². The predicted octanol–water partition coefficient (Wildman–Crippen LogP) is 2.97. The third kappa shape index (κ3) is 1.09. The SMILES string of the molecule is CC1(C)Oc2ccccc2-c2oncc21. The second-order valence-corrected chi connectivity index (χ2v) is 4.18. The van der Waals surface area contributed by atoms with Gasteiger partial charge in [0.1, 0.15) is 11.4 Å². The monoisotopic (exact) mass is 201 g/mol.